The third kappa shape index (κ3) is 4.42. The molecule has 0 bridgehead atoms. The second-order valence-electron chi connectivity index (χ2n) is 4.88. The maximum Gasteiger partial charge on any atom is 0.119 e. The molecule has 0 aromatic heterocycles. The Balaban J connectivity index is 1.77. The SMILES string of the molecule is CN(C)CCOc1ccc(NC2CCSC2)cc1. The molecule has 0 spiro atoms. The number of ether oxygens (including phenoxy) is 1. The smallest absolute Gasteiger partial charge is 0.119 e. The van der Waals surface area contributed by atoms with Crippen molar-refractivity contribution in [3.63, 3.8) is 0 Å². The largest absolute Gasteiger partial charge is 0.492 e. The van der Waals surface area contributed by atoms with Gasteiger partial charge in [-0.1, -0.05) is 0 Å². The first-order valence-corrected chi connectivity index (χ1v) is 7.61. The highest BCUT2D eigenvalue weighted by Crippen LogP contribution is 2.22. The number of rotatable bonds is 6. The minimum Gasteiger partial charge on any atom is -0.492 e. The Bertz CT molecular complexity index is 347. The number of hydrogen-bond acceptors (Lipinski definition) is 4. The average Bonchev–Trinajstić information content (AvgIpc) is 2.84. The van der Waals surface area contributed by atoms with E-state index in [4.69, 9.17) is 4.74 Å². The van der Waals surface area contributed by atoms with Crippen molar-refractivity contribution in [1.82, 2.24) is 4.90 Å². The maximum atomic E-state index is 5.67. The summed E-state index contributed by atoms with van der Waals surface area (Å²) in [5.74, 6) is 3.45. The Kier molecular flexibility index (Phi) is 5.20. The molecule has 1 aliphatic heterocycles. The Morgan fingerprint density at radius 3 is 2.72 bits per heavy atom. The summed E-state index contributed by atoms with van der Waals surface area (Å²) < 4.78 is 5.67. The van der Waals surface area contributed by atoms with E-state index < -0.39 is 0 Å². The minimum atomic E-state index is 0.635. The van der Waals surface area contributed by atoms with Crippen molar-refractivity contribution < 1.29 is 4.74 Å². The zero-order valence-electron chi connectivity index (χ0n) is 11.2. The zero-order valence-corrected chi connectivity index (χ0v) is 12.0. The van der Waals surface area contributed by atoms with Crippen LogP contribution in [-0.2, 0) is 0 Å². The van der Waals surface area contributed by atoms with Crippen molar-refractivity contribution in [2.24, 2.45) is 0 Å². The Hall–Kier alpha value is -0.870. The van der Waals surface area contributed by atoms with Gasteiger partial charge in [0.2, 0.25) is 0 Å². The summed E-state index contributed by atoms with van der Waals surface area (Å²) in [6, 6.07) is 8.93. The van der Waals surface area contributed by atoms with Gasteiger partial charge < -0.3 is 15.0 Å². The Morgan fingerprint density at radius 2 is 2.11 bits per heavy atom. The molecule has 2 rings (SSSR count). The first-order valence-electron chi connectivity index (χ1n) is 6.46. The van der Waals surface area contributed by atoms with Gasteiger partial charge in [0, 0.05) is 24.0 Å². The van der Waals surface area contributed by atoms with Gasteiger partial charge >= 0.3 is 0 Å². The van der Waals surface area contributed by atoms with E-state index in [2.05, 4.69) is 36.4 Å². The van der Waals surface area contributed by atoms with Crippen LogP contribution in [0.25, 0.3) is 0 Å². The van der Waals surface area contributed by atoms with Crippen LogP contribution in [0.3, 0.4) is 0 Å². The van der Waals surface area contributed by atoms with Crippen LogP contribution in [0.15, 0.2) is 24.3 Å². The minimum absolute atomic E-state index is 0.635. The Labute approximate surface area is 114 Å². The number of hydrogen-bond donors (Lipinski definition) is 1. The lowest BCUT2D eigenvalue weighted by Gasteiger charge is -2.14. The van der Waals surface area contributed by atoms with E-state index in [-0.39, 0.29) is 0 Å². The molecule has 3 nitrogen and oxygen atoms in total. The molecule has 1 aromatic rings. The zero-order chi connectivity index (χ0) is 12.8. The predicted octanol–water partition coefficient (Wildman–Crippen LogP) is 2.54. The van der Waals surface area contributed by atoms with Crippen molar-refractivity contribution in [3.8, 4) is 5.75 Å². The third-order valence-corrected chi connectivity index (χ3v) is 4.12. The van der Waals surface area contributed by atoms with Crippen LogP contribution in [0.5, 0.6) is 5.75 Å². The number of nitrogens with one attached hydrogen (secondary N) is 1. The molecule has 1 unspecified atom stereocenters. The van der Waals surface area contributed by atoms with Crippen molar-refractivity contribution in [1.29, 1.82) is 0 Å². The van der Waals surface area contributed by atoms with Crippen LogP contribution in [0.2, 0.25) is 0 Å². The van der Waals surface area contributed by atoms with Crippen molar-refractivity contribution in [3.05, 3.63) is 24.3 Å². The lowest BCUT2D eigenvalue weighted by molar-refractivity contribution is 0.261. The summed E-state index contributed by atoms with van der Waals surface area (Å²) in [4.78, 5) is 2.12. The lowest BCUT2D eigenvalue weighted by Crippen LogP contribution is -2.19. The standard InChI is InChI=1S/C14H22N2OS/c1-16(2)8-9-17-14-5-3-12(4-6-14)15-13-7-10-18-11-13/h3-6,13,15H,7-11H2,1-2H3. The molecule has 18 heavy (non-hydrogen) atoms. The fourth-order valence-electron chi connectivity index (χ4n) is 1.88. The number of nitrogens with zero attached hydrogens (tertiary/aromatic N) is 1. The van der Waals surface area contributed by atoms with Gasteiger partial charge in [-0.3, -0.25) is 0 Å². The molecule has 0 aliphatic carbocycles. The maximum absolute atomic E-state index is 5.67. The fraction of sp³-hybridized carbons (Fsp3) is 0.571. The summed E-state index contributed by atoms with van der Waals surface area (Å²) in [7, 11) is 4.10. The van der Waals surface area contributed by atoms with Crippen LogP contribution in [0.1, 0.15) is 6.42 Å². The van der Waals surface area contributed by atoms with Gasteiger partial charge in [-0.25, -0.2) is 0 Å². The summed E-state index contributed by atoms with van der Waals surface area (Å²) in [6.45, 7) is 1.68. The average molecular weight is 266 g/mol. The van der Waals surface area contributed by atoms with E-state index in [0.29, 0.717) is 6.04 Å². The normalized spacial score (nSPS) is 19.2. The first kappa shape index (κ1) is 13.6. The Morgan fingerprint density at radius 1 is 1.33 bits per heavy atom. The lowest BCUT2D eigenvalue weighted by atomic mass is 10.2. The molecular weight excluding hydrogens is 244 g/mol. The van der Waals surface area contributed by atoms with E-state index in [1.807, 2.05) is 23.9 Å². The molecule has 4 heteroatoms. The van der Waals surface area contributed by atoms with Gasteiger partial charge in [-0.15, -0.1) is 0 Å². The number of benzene rings is 1. The van der Waals surface area contributed by atoms with Crippen molar-refractivity contribution in [2.75, 3.05) is 44.1 Å². The summed E-state index contributed by atoms with van der Waals surface area (Å²) in [5.41, 5.74) is 1.20. The molecule has 1 heterocycles. The van der Waals surface area contributed by atoms with Crippen LogP contribution in [-0.4, -0.2) is 49.7 Å². The van der Waals surface area contributed by atoms with Crippen LogP contribution in [0.4, 0.5) is 5.69 Å². The summed E-state index contributed by atoms with van der Waals surface area (Å²) in [5, 5.41) is 3.56. The molecule has 1 aliphatic rings. The number of anilines is 1. The molecule has 1 aromatic carbocycles. The summed E-state index contributed by atoms with van der Waals surface area (Å²) >= 11 is 2.03. The van der Waals surface area contributed by atoms with Gasteiger partial charge in [0.05, 0.1) is 0 Å². The van der Waals surface area contributed by atoms with Gasteiger partial charge in [-0.05, 0) is 50.5 Å². The molecule has 100 valence electrons. The molecular formula is C14H22N2OS. The predicted molar refractivity (Wildman–Crippen MR) is 79.8 cm³/mol. The second kappa shape index (κ2) is 6.90. The molecule has 1 fully saturated rings. The molecule has 1 atom stereocenters. The van der Waals surface area contributed by atoms with Gasteiger partial charge in [0.15, 0.2) is 0 Å². The van der Waals surface area contributed by atoms with Gasteiger partial charge in [0.25, 0.3) is 0 Å². The van der Waals surface area contributed by atoms with E-state index in [0.717, 1.165) is 18.9 Å². The second-order valence-corrected chi connectivity index (χ2v) is 6.03. The monoisotopic (exact) mass is 266 g/mol. The number of thioether (sulfide) groups is 1. The highest BCUT2D eigenvalue weighted by Gasteiger charge is 2.14. The van der Waals surface area contributed by atoms with E-state index in [9.17, 15) is 0 Å². The fourth-order valence-corrected chi connectivity index (χ4v) is 3.03. The van der Waals surface area contributed by atoms with E-state index >= 15 is 0 Å². The van der Waals surface area contributed by atoms with Crippen molar-refractivity contribution >= 4 is 17.4 Å². The van der Waals surface area contributed by atoms with Crippen LogP contribution < -0.4 is 10.1 Å². The van der Waals surface area contributed by atoms with E-state index in [1.165, 1.54) is 23.6 Å². The molecule has 1 N–H and O–H groups in total. The number of likely N-dealkylation sites (N-methyl/N-ethyl adjacent to an activating group) is 1. The molecule has 1 saturated heterocycles. The van der Waals surface area contributed by atoms with Gasteiger partial charge in [0.1, 0.15) is 12.4 Å². The van der Waals surface area contributed by atoms with Crippen molar-refractivity contribution in [2.45, 2.75) is 12.5 Å². The molecule has 0 saturated carbocycles. The van der Waals surface area contributed by atoms with Gasteiger partial charge in [-0.2, -0.15) is 11.8 Å². The highest BCUT2D eigenvalue weighted by molar-refractivity contribution is 7.99. The van der Waals surface area contributed by atoms with Crippen LogP contribution >= 0.6 is 11.8 Å². The third-order valence-electron chi connectivity index (χ3n) is 2.96. The quantitative estimate of drug-likeness (QED) is 0.855. The van der Waals surface area contributed by atoms with Crippen LogP contribution in [0, 0.1) is 0 Å². The first-order chi connectivity index (χ1) is 8.74. The molecule has 0 radical (unpaired) electrons. The molecule has 0 amide bonds. The highest BCUT2D eigenvalue weighted by atomic mass is 32.2. The topological polar surface area (TPSA) is 24.5 Å². The summed E-state index contributed by atoms with van der Waals surface area (Å²) in [6.07, 6.45) is 1.27. The van der Waals surface area contributed by atoms with E-state index in [1.54, 1.807) is 0 Å².